The second kappa shape index (κ2) is 9.68. The van der Waals surface area contributed by atoms with Crippen LogP contribution in [0.25, 0.3) is 0 Å². The van der Waals surface area contributed by atoms with Crippen molar-refractivity contribution in [3.05, 3.63) is 59.9 Å². The van der Waals surface area contributed by atoms with Crippen LogP contribution >= 0.6 is 11.8 Å². The van der Waals surface area contributed by atoms with Crippen molar-refractivity contribution in [2.24, 2.45) is 0 Å². The zero-order valence-electron chi connectivity index (χ0n) is 13.5. The van der Waals surface area contributed by atoms with E-state index >= 15 is 0 Å². The number of halogens is 1. The van der Waals surface area contributed by atoms with E-state index in [2.05, 4.69) is 10.6 Å². The quantitative estimate of drug-likeness (QED) is 0.674. The molecule has 0 aliphatic heterocycles. The minimum Gasteiger partial charge on any atom is -0.508 e. The first-order valence-corrected chi connectivity index (χ1v) is 8.86. The van der Waals surface area contributed by atoms with Gasteiger partial charge >= 0.3 is 0 Å². The third-order valence-corrected chi connectivity index (χ3v) is 4.17. The highest BCUT2D eigenvalue weighted by Crippen LogP contribution is 2.11. The number of nitrogens with one attached hydrogen (secondary N) is 2. The average Bonchev–Trinajstić information content (AvgIpc) is 2.57. The van der Waals surface area contributed by atoms with E-state index in [1.165, 1.54) is 36.0 Å². The molecule has 0 aliphatic carbocycles. The number of aromatic hydroxyl groups is 1. The first kappa shape index (κ1) is 18.8. The minimum atomic E-state index is -0.366. The molecule has 0 radical (unpaired) electrons. The van der Waals surface area contributed by atoms with Crippen LogP contribution in [0.15, 0.2) is 48.5 Å². The van der Waals surface area contributed by atoms with Crippen molar-refractivity contribution < 1.29 is 19.1 Å². The maximum Gasteiger partial charge on any atom is 0.234 e. The summed E-state index contributed by atoms with van der Waals surface area (Å²) in [6.07, 6.45) is 0.621. The summed E-state index contributed by atoms with van der Waals surface area (Å²) in [5, 5.41) is 14.8. The highest BCUT2D eigenvalue weighted by Gasteiger charge is 2.06. The van der Waals surface area contributed by atoms with Gasteiger partial charge in [-0.05, 0) is 48.4 Å². The van der Waals surface area contributed by atoms with Gasteiger partial charge in [0.05, 0.1) is 11.5 Å². The molecule has 0 saturated carbocycles. The Morgan fingerprint density at radius 2 is 1.76 bits per heavy atom. The van der Waals surface area contributed by atoms with E-state index in [-0.39, 0.29) is 34.9 Å². The first-order chi connectivity index (χ1) is 12.0. The Bertz CT molecular complexity index is 723. The Labute approximate surface area is 149 Å². The number of carbonyl (C=O) groups is 2. The van der Waals surface area contributed by atoms with Crippen LogP contribution in [0, 0.1) is 5.82 Å². The SMILES string of the molecule is O=C(CSCC(=O)Nc1ccc(F)cc1)NCCc1cccc(O)c1. The molecule has 132 valence electrons. The van der Waals surface area contributed by atoms with Crippen molar-refractivity contribution in [2.45, 2.75) is 6.42 Å². The second-order valence-corrected chi connectivity index (χ2v) is 6.30. The fraction of sp³-hybridized carbons (Fsp3) is 0.222. The molecule has 0 saturated heterocycles. The van der Waals surface area contributed by atoms with E-state index in [1.807, 2.05) is 6.07 Å². The summed E-state index contributed by atoms with van der Waals surface area (Å²) in [5.41, 5.74) is 1.45. The average molecular weight is 362 g/mol. The summed E-state index contributed by atoms with van der Waals surface area (Å²) in [6.45, 7) is 0.463. The molecular formula is C18H19FN2O3S. The third-order valence-electron chi connectivity index (χ3n) is 3.24. The molecule has 0 aromatic heterocycles. The zero-order chi connectivity index (χ0) is 18.1. The predicted octanol–water partition coefficient (Wildman–Crippen LogP) is 2.56. The van der Waals surface area contributed by atoms with E-state index < -0.39 is 0 Å². The minimum absolute atomic E-state index is 0.136. The highest BCUT2D eigenvalue weighted by molar-refractivity contribution is 8.00. The zero-order valence-corrected chi connectivity index (χ0v) is 14.3. The molecule has 2 aromatic rings. The molecule has 3 N–H and O–H groups in total. The fourth-order valence-electron chi connectivity index (χ4n) is 2.08. The lowest BCUT2D eigenvalue weighted by atomic mass is 10.1. The molecule has 2 amide bonds. The number of carbonyl (C=O) groups excluding carboxylic acids is 2. The summed E-state index contributed by atoms with van der Waals surface area (Å²) < 4.78 is 12.8. The van der Waals surface area contributed by atoms with Gasteiger partial charge in [0.2, 0.25) is 11.8 Å². The van der Waals surface area contributed by atoms with E-state index in [0.717, 1.165) is 5.56 Å². The van der Waals surface area contributed by atoms with Crippen molar-refractivity contribution in [2.75, 3.05) is 23.4 Å². The predicted molar refractivity (Wildman–Crippen MR) is 97.2 cm³/mol. The molecule has 0 fully saturated rings. The number of benzene rings is 2. The molecule has 0 heterocycles. The summed E-state index contributed by atoms with van der Waals surface area (Å²) in [6, 6.07) is 12.4. The van der Waals surface area contributed by atoms with Crippen LogP contribution in [0.4, 0.5) is 10.1 Å². The smallest absolute Gasteiger partial charge is 0.234 e. The van der Waals surface area contributed by atoms with Crippen molar-refractivity contribution in [3.63, 3.8) is 0 Å². The van der Waals surface area contributed by atoms with Crippen LogP contribution in [-0.4, -0.2) is 35.0 Å². The van der Waals surface area contributed by atoms with Gasteiger partial charge in [-0.15, -0.1) is 11.8 Å². The number of rotatable bonds is 8. The summed E-state index contributed by atoms with van der Waals surface area (Å²) in [7, 11) is 0. The summed E-state index contributed by atoms with van der Waals surface area (Å²) >= 11 is 1.20. The van der Waals surface area contributed by atoms with Crippen LogP contribution in [0.3, 0.4) is 0 Å². The second-order valence-electron chi connectivity index (χ2n) is 5.32. The lowest BCUT2D eigenvalue weighted by Gasteiger charge is -2.07. The van der Waals surface area contributed by atoms with E-state index in [1.54, 1.807) is 18.2 Å². The van der Waals surface area contributed by atoms with Gasteiger partial charge in [-0.1, -0.05) is 12.1 Å². The normalized spacial score (nSPS) is 10.3. The van der Waals surface area contributed by atoms with Crippen LogP contribution in [-0.2, 0) is 16.0 Å². The van der Waals surface area contributed by atoms with Crippen molar-refractivity contribution in [1.82, 2.24) is 5.32 Å². The number of anilines is 1. The Kier molecular flexibility index (Phi) is 7.28. The molecule has 0 bridgehead atoms. The van der Waals surface area contributed by atoms with E-state index in [4.69, 9.17) is 0 Å². The Hall–Kier alpha value is -2.54. The Morgan fingerprint density at radius 1 is 1.04 bits per heavy atom. The number of hydrogen-bond donors (Lipinski definition) is 3. The highest BCUT2D eigenvalue weighted by atomic mass is 32.2. The van der Waals surface area contributed by atoms with Gasteiger partial charge in [0.15, 0.2) is 0 Å². The number of phenols is 1. The summed E-state index contributed by atoms with van der Waals surface area (Å²) in [5.74, 6) is -0.251. The Morgan fingerprint density at radius 3 is 2.48 bits per heavy atom. The Balaban J connectivity index is 1.60. The van der Waals surface area contributed by atoms with Gasteiger partial charge in [-0.2, -0.15) is 0 Å². The lowest BCUT2D eigenvalue weighted by molar-refractivity contribution is -0.118. The van der Waals surface area contributed by atoms with Crippen LogP contribution in [0.2, 0.25) is 0 Å². The largest absolute Gasteiger partial charge is 0.508 e. The van der Waals surface area contributed by atoms with Crippen LogP contribution in [0.5, 0.6) is 5.75 Å². The standard InChI is InChI=1S/C18H19FN2O3S/c19-14-4-6-15(7-5-14)21-18(24)12-25-11-17(23)20-9-8-13-2-1-3-16(22)10-13/h1-7,10,22H,8-9,11-12H2,(H,20,23)(H,21,24). The molecular weight excluding hydrogens is 343 g/mol. The number of hydrogen-bond acceptors (Lipinski definition) is 4. The topological polar surface area (TPSA) is 78.4 Å². The van der Waals surface area contributed by atoms with Crippen LogP contribution in [0.1, 0.15) is 5.56 Å². The number of thioether (sulfide) groups is 1. The lowest BCUT2D eigenvalue weighted by Crippen LogP contribution is -2.28. The number of amides is 2. The molecule has 0 aliphatic rings. The van der Waals surface area contributed by atoms with Crippen LogP contribution < -0.4 is 10.6 Å². The maximum atomic E-state index is 12.8. The molecule has 0 atom stereocenters. The van der Waals surface area contributed by atoms with Gasteiger partial charge in [-0.3, -0.25) is 9.59 Å². The molecule has 7 heteroatoms. The molecule has 5 nitrogen and oxygen atoms in total. The molecule has 25 heavy (non-hydrogen) atoms. The van der Waals surface area contributed by atoms with E-state index in [0.29, 0.717) is 18.7 Å². The van der Waals surface area contributed by atoms with Gasteiger partial charge in [0, 0.05) is 12.2 Å². The van der Waals surface area contributed by atoms with Gasteiger partial charge in [0.25, 0.3) is 0 Å². The molecule has 0 spiro atoms. The molecule has 2 rings (SSSR count). The fourth-order valence-corrected chi connectivity index (χ4v) is 2.72. The first-order valence-electron chi connectivity index (χ1n) is 7.71. The van der Waals surface area contributed by atoms with Gasteiger partial charge < -0.3 is 15.7 Å². The molecule has 0 unspecified atom stereocenters. The van der Waals surface area contributed by atoms with Crippen molar-refractivity contribution >= 4 is 29.3 Å². The molecule has 2 aromatic carbocycles. The third kappa shape index (κ3) is 7.26. The maximum absolute atomic E-state index is 12.8. The van der Waals surface area contributed by atoms with Gasteiger partial charge in [-0.25, -0.2) is 4.39 Å². The van der Waals surface area contributed by atoms with Crippen molar-refractivity contribution in [1.29, 1.82) is 0 Å². The van der Waals surface area contributed by atoms with Gasteiger partial charge in [0.1, 0.15) is 11.6 Å². The monoisotopic (exact) mass is 362 g/mol. The summed E-state index contributed by atoms with van der Waals surface area (Å²) in [4.78, 5) is 23.5. The number of phenolic OH excluding ortho intramolecular Hbond substituents is 1. The van der Waals surface area contributed by atoms with E-state index in [9.17, 15) is 19.1 Å². The van der Waals surface area contributed by atoms with Crippen molar-refractivity contribution in [3.8, 4) is 5.75 Å².